The van der Waals surface area contributed by atoms with Gasteiger partial charge in [0.05, 0.1) is 0 Å². The molecular formula is C14H13NO. The molecule has 2 aromatic carbocycles. The SMILES string of the molecule is C=CCc1cc(C)c2cccc(N=O)c2c1. The summed E-state index contributed by atoms with van der Waals surface area (Å²) in [6.45, 7) is 5.77. The second kappa shape index (κ2) is 4.27. The third-order valence-electron chi connectivity index (χ3n) is 2.72. The van der Waals surface area contributed by atoms with Crippen LogP contribution >= 0.6 is 0 Å². The van der Waals surface area contributed by atoms with Gasteiger partial charge in [0.15, 0.2) is 0 Å². The fraction of sp³-hybridized carbons (Fsp3) is 0.143. The number of allylic oxidation sites excluding steroid dienone is 1. The number of hydrogen-bond acceptors (Lipinski definition) is 2. The highest BCUT2D eigenvalue weighted by atomic mass is 16.3. The summed E-state index contributed by atoms with van der Waals surface area (Å²) in [5.41, 5.74) is 2.84. The molecule has 0 atom stereocenters. The van der Waals surface area contributed by atoms with Gasteiger partial charge in [-0.2, -0.15) is 0 Å². The quantitative estimate of drug-likeness (QED) is 0.550. The van der Waals surface area contributed by atoms with Gasteiger partial charge in [-0.15, -0.1) is 11.5 Å². The summed E-state index contributed by atoms with van der Waals surface area (Å²) >= 11 is 0. The molecule has 0 spiro atoms. The number of aryl methyl sites for hydroxylation is 1. The fourth-order valence-corrected chi connectivity index (χ4v) is 2.00. The van der Waals surface area contributed by atoms with E-state index in [9.17, 15) is 4.91 Å². The molecule has 2 nitrogen and oxygen atoms in total. The van der Waals surface area contributed by atoms with E-state index >= 15 is 0 Å². The lowest BCUT2D eigenvalue weighted by atomic mass is 9.99. The first kappa shape index (κ1) is 10.6. The highest BCUT2D eigenvalue weighted by Gasteiger charge is 2.04. The molecule has 0 fully saturated rings. The minimum absolute atomic E-state index is 0.506. The fourth-order valence-electron chi connectivity index (χ4n) is 2.00. The molecule has 0 aliphatic heterocycles. The molecule has 0 aliphatic carbocycles. The molecular weight excluding hydrogens is 198 g/mol. The van der Waals surface area contributed by atoms with Crippen molar-refractivity contribution < 1.29 is 0 Å². The van der Waals surface area contributed by atoms with Gasteiger partial charge in [0, 0.05) is 5.39 Å². The lowest BCUT2D eigenvalue weighted by Crippen LogP contribution is -1.86. The summed E-state index contributed by atoms with van der Waals surface area (Å²) in [4.78, 5) is 10.7. The summed E-state index contributed by atoms with van der Waals surface area (Å²) in [7, 11) is 0. The van der Waals surface area contributed by atoms with Crippen molar-refractivity contribution in [2.45, 2.75) is 13.3 Å². The number of nitroso groups, excluding NO2 is 1. The van der Waals surface area contributed by atoms with Crippen LogP contribution in [0.25, 0.3) is 10.8 Å². The maximum Gasteiger partial charge on any atom is 0.115 e. The van der Waals surface area contributed by atoms with Crippen LogP contribution in [0.5, 0.6) is 0 Å². The largest absolute Gasteiger partial charge is 0.145 e. The van der Waals surface area contributed by atoms with Crippen LogP contribution in [-0.4, -0.2) is 0 Å². The van der Waals surface area contributed by atoms with Crippen molar-refractivity contribution >= 4 is 16.5 Å². The van der Waals surface area contributed by atoms with E-state index in [2.05, 4.69) is 17.8 Å². The summed E-state index contributed by atoms with van der Waals surface area (Å²) in [6, 6.07) is 9.75. The Hall–Kier alpha value is -1.96. The summed E-state index contributed by atoms with van der Waals surface area (Å²) in [6.07, 6.45) is 2.67. The van der Waals surface area contributed by atoms with E-state index in [4.69, 9.17) is 0 Å². The van der Waals surface area contributed by atoms with E-state index in [1.165, 1.54) is 5.56 Å². The van der Waals surface area contributed by atoms with Crippen LogP contribution in [0.2, 0.25) is 0 Å². The predicted molar refractivity (Wildman–Crippen MR) is 68.0 cm³/mol. The third-order valence-corrected chi connectivity index (χ3v) is 2.72. The van der Waals surface area contributed by atoms with Gasteiger partial charge in [-0.3, -0.25) is 0 Å². The molecule has 0 saturated carbocycles. The molecule has 0 aromatic heterocycles. The zero-order chi connectivity index (χ0) is 11.5. The van der Waals surface area contributed by atoms with Crippen LogP contribution in [0.3, 0.4) is 0 Å². The summed E-state index contributed by atoms with van der Waals surface area (Å²) in [5, 5.41) is 5.08. The minimum atomic E-state index is 0.506. The number of fused-ring (bicyclic) bond motifs is 1. The van der Waals surface area contributed by atoms with Crippen LogP contribution in [-0.2, 0) is 6.42 Å². The molecule has 2 rings (SSSR count). The Bertz CT molecular complexity index is 558. The zero-order valence-electron chi connectivity index (χ0n) is 9.23. The minimum Gasteiger partial charge on any atom is -0.145 e. The van der Waals surface area contributed by atoms with Crippen molar-refractivity contribution in [2.75, 3.05) is 0 Å². The maximum absolute atomic E-state index is 10.7. The first-order valence-electron chi connectivity index (χ1n) is 5.22. The maximum atomic E-state index is 10.7. The second-order valence-electron chi connectivity index (χ2n) is 3.87. The van der Waals surface area contributed by atoms with E-state index in [0.29, 0.717) is 5.69 Å². The van der Waals surface area contributed by atoms with E-state index in [1.54, 1.807) is 6.07 Å². The standard InChI is InChI=1S/C14H13NO/c1-3-5-11-8-10(2)12-6-4-7-14(15-16)13(12)9-11/h3-4,6-9H,1,5H2,2H3. The number of benzene rings is 2. The highest BCUT2D eigenvalue weighted by Crippen LogP contribution is 2.29. The van der Waals surface area contributed by atoms with Crippen LogP contribution in [0, 0.1) is 11.8 Å². The lowest BCUT2D eigenvalue weighted by molar-refractivity contribution is 1.27. The first-order chi connectivity index (χ1) is 7.76. The van der Waals surface area contributed by atoms with Gasteiger partial charge in [0.1, 0.15) is 5.69 Å². The van der Waals surface area contributed by atoms with Crippen molar-refractivity contribution in [3.05, 3.63) is 59.0 Å². The van der Waals surface area contributed by atoms with E-state index in [1.807, 2.05) is 31.2 Å². The van der Waals surface area contributed by atoms with E-state index in [0.717, 1.165) is 22.8 Å². The molecule has 0 saturated heterocycles. The molecule has 0 N–H and O–H groups in total. The molecule has 80 valence electrons. The highest BCUT2D eigenvalue weighted by molar-refractivity contribution is 5.95. The number of nitrogens with zero attached hydrogens (tertiary/aromatic N) is 1. The Kier molecular flexibility index (Phi) is 2.82. The summed E-state index contributed by atoms with van der Waals surface area (Å²) in [5.74, 6) is 0. The van der Waals surface area contributed by atoms with Gasteiger partial charge in [0.25, 0.3) is 0 Å². The molecule has 0 bridgehead atoms. The average Bonchev–Trinajstić information content (AvgIpc) is 2.29. The van der Waals surface area contributed by atoms with Gasteiger partial charge in [-0.05, 0) is 47.2 Å². The smallest absolute Gasteiger partial charge is 0.115 e. The van der Waals surface area contributed by atoms with E-state index < -0.39 is 0 Å². The van der Waals surface area contributed by atoms with Crippen LogP contribution < -0.4 is 0 Å². The van der Waals surface area contributed by atoms with E-state index in [-0.39, 0.29) is 0 Å². The van der Waals surface area contributed by atoms with Gasteiger partial charge < -0.3 is 0 Å². The number of hydrogen-bond donors (Lipinski definition) is 0. The predicted octanol–water partition coefficient (Wildman–Crippen LogP) is 4.27. The van der Waals surface area contributed by atoms with Gasteiger partial charge in [-0.1, -0.05) is 24.3 Å². The monoisotopic (exact) mass is 211 g/mol. The molecule has 2 heteroatoms. The van der Waals surface area contributed by atoms with Crippen molar-refractivity contribution in [1.82, 2.24) is 0 Å². The van der Waals surface area contributed by atoms with Crippen molar-refractivity contribution in [1.29, 1.82) is 0 Å². The average molecular weight is 211 g/mol. The van der Waals surface area contributed by atoms with Gasteiger partial charge in [0.2, 0.25) is 0 Å². The molecule has 2 aromatic rings. The van der Waals surface area contributed by atoms with Crippen LogP contribution in [0.15, 0.2) is 48.2 Å². The van der Waals surface area contributed by atoms with Crippen LogP contribution in [0.4, 0.5) is 5.69 Å². The molecule has 0 amide bonds. The molecule has 0 aliphatic rings. The molecule has 0 radical (unpaired) electrons. The van der Waals surface area contributed by atoms with Gasteiger partial charge in [-0.25, -0.2) is 0 Å². The lowest BCUT2D eigenvalue weighted by Gasteiger charge is -2.06. The van der Waals surface area contributed by atoms with Crippen molar-refractivity contribution in [3.63, 3.8) is 0 Å². The number of rotatable bonds is 3. The Morgan fingerprint density at radius 1 is 1.31 bits per heavy atom. The Balaban J connectivity index is 2.76. The normalized spacial score (nSPS) is 10.3. The Morgan fingerprint density at radius 3 is 2.81 bits per heavy atom. The third kappa shape index (κ3) is 1.74. The molecule has 16 heavy (non-hydrogen) atoms. The van der Waals surface area contributed by atoms with Crippen molar-refractivity contribution in [2.24, 2.45) is 5.18 Å². The van der Waals surface area contributed by atoms with Crippen LogP contribution in [0.1, 0.15) is 11.1 Å². The molecule has 0 unspecified atom stereocenters. The zero-order valence-corrected chi connectivity index (χ0v) is 9.23. The Morgan fingerprint density at radius 2 is 2.12 bits per heavy atom. The van der Waals surface area contributed by atoms with Gasteiger partial charge >= 0.3 is 0 Å². The topological polar surface area (TPSA) is 29.4 Å². The Labute approximate surface area is 94.6 Å². The summed E-state index contributed by atoms with van der Waals surface area (Å²) < 4.78 is 0. The first-order valence-corrected chi connectivity index (χ1v) is 5.22. The second-order valence-corrected chi connectivity index (χ2v) is 3.87. The van der Waals surface area contributed by atoms with Crippen molar-refractivity contribution in [3.8, 4) is 0 Å². The molecule has 0 heterocycles.